The highest BCUT2D eigenvalue weighted by Crippen LogP contribution is 2.15. The summed E-state index contributed by atoms with van der Waals surface area (Å²) in [6.07, 6.45) is 0.915. The minimum Gasteiger partial charge on any atom is -0.372 e. The lowest BCUT2D eigenvalue weighted by molar-refractivity contribution is -0.152. The van der Waals surface area contributed by atoms with Gasteiger partial charge in [-0.15, -0.1) is 0 Å². The topological polar surface area (TPSA) is 114 Å². The van der Waals surface area contributed by atoms with Crippen molar-refractivity contribution in [2.45, 2.75) is 32.2 Å². The zero-order valence-electron chi connectivity index (χ0n) is 7.89. The van der Waals surface area contributed by atoms with Gasteiger partial charge in [0.05, 0.1) is 0 Å². The van der Waals surface area contributed by atoms with Gasteiger partial charge in [0.1, 0.15) is 5.54 Å². The first kappa shape index (κ1) is 11.7. The number of nitrogens with one attached hydrogen (secondary N) is 2. The summed E-state index contributed by atoms with van der Waals surface area (Å²) in [6.45, 7) is 3.58. The van der Waals surface area contributed by atoms with E-state index in [-0.39, 0.29) is 5.96 Å². The summed E-state index contributed by atoms with van der Waals surface area (Å²) in [7, 11) is 0. The monoisotopic (exact) mass is 188 g/mol. The number of carbonyl (C=O) groups is 1. The molecule has 0 rings (SSSR count). The van der Waals surface area contributed by atoms with Crippen molar-refractivity contribution in [2.24, 2.45) is 11.6 Å². The average Bonchev–Trinajstić information content (AvgIpc) is 2.12. The van der Waals surface area contributed by atoms with Crippen LogP contribution < -0.4 is 16.9 Å². The predicted octanol–water partition coefficient (Wildman–Crippen LogP) is -0.555. The van der Waals surface area contributed by atoms with Gasteiger partial charge in [-0.2, -0.15) is 5.90 Å². The fraction of sp³-hybridized carbons (Fsp3) is 0.714. The third-order valence-electron chi connectivity index (χ3n) is 2.08. The standard InChI is InChI=1S/C7H16N4O2/c1-3-7(4-2,5(12)13-10)11-6(8)9/h3-4,10H2,1-2H3,(H4,8,9,11). The first-order chi connectivity index (χ1) is 6.02. The SMILES string of the molecule is CCC(CC)(NC(=N)N)C(=O)ON. The van der Waals surface area contributed by atoms with Gasteiger partial charge in [0.2, 0.25) is 0 Å². The van der Waals surface area contributed by atoms with Crippen LogP contribution in [0, 0.1) is 5.41 Å². The lowest BCUT2D eigenvalue weighted by Gasteiger charge is -2.29. The molecular weight excluding hydrogens is 172 g/mol. The van der Waals surface area contributed by atoms with E-state index in [4.69, 9.17) is 17.0 Å². The average molecular weight is 188 g/mol. The summed E-state index contributed by atoms with van der Waals surface area (Å²) in [5.74, 6) is 3.91. The number of nitrogens with two attached hydrogens (primary N) is 2. The summed E-state index contributed by atoms with van der Waals surface area (Å²) in [4.78, 5) is 15.4. The number of rotatable bonds is 4. The first-order valence-corrected chi connectivity index (χ1v) is 4.05. The second-order valence-electron chi connectivity index (χ2n) is 2.73. The molecule has 0 fully saturated rings. The molecule has 0 aliphatic carbocycles. The summed E-state index contributed by atoms with van der Waals surface area (Å²) in [5.41, 5.74) is 4.17. The van der Waals surface area contributed by atoms with Crippen molar-refractivity contribution in [3.8, 4) is 0 Å². The van der Waals surface area contributed by atoms with Crippen LogP contribution in [0.2, 0.25) is 0 Å². The highest BCUT2D eigenvalue weighted by Gasteiger charge is 2.36. The van der Waals surface area contributed by atoms with E-state index >= 15 is 0 Å². The van der Waals surface area contributed by atoms with Gasteiger partial charge in [-0.3, -0.25) is 5.41 Å². The van der Waals surface area contributed by atoms with Crippen LogP contribution in [-0.4, -0.2) is 17.5 Å². The molecule has 0 atom stereocenters. The molecule has 0 saturated heterocycles. The molecule has 0 spiro atoms. The zero-order valence-corrected chi connectivity index (χ0v) is 7.89. The fourth-order valence-electron chi connectivity index (χ4n) is 1.14. The second-order valence-corrected chi connectivity index (χ2v) is 2.73. The van der Waals surface area contributed by atoms with Gasteiger partial charge < -0.3 is 15.9 Å². The number of hydrogen-bond donors (Lipinski definition) is 4. The van der Waals surface area contributed by atoms with Crippen molar-refractivity contribution in [3.63, 3.8) is 0 Å². The van der Waals surface area contributed by atoms with Crippen LogP contribution in [0.1, 0.15) is 26.7 Å². The Labute approximate surface area is 77.1 Å². The Hall–Kier alpha value is -1.30. The molecule has 0 radical (unpaired) electrons. The van der Waals surface area contributed by atoms with Gasteiger partial charge in [-0.05, 0) is 12.8 Å². The highest BCUT2D eigenvalue weighted by atomic mass is 16.7. The zero-order chi connectivity index (χ0) is 10.5. The number of carbonyl (C=O) groups excluding carboxylic acids is 1. The Morgan fingerprint density at radius 3 is 2.23 bits per heavy atom. The van der Waals surface area contributed by atoms with Crippen molar-refractivity contribution >= 4 is 11.9 Å². The van der Waals surface area contributed by atoms with Gasteiger partial charge in [-0.1, -0.05) is 13.8 Å². The highest BCUT2D eigenvalue weighted by molar-refractivity contribution is 5.87. The molecule has 13 heavy (non-hydrogen) atoms. The van der Waals surface area contributed by atoms with Crippen LogP contribution >= 0.6 is 0 Å². The Balaban J connectivity index is 4.68. The minimum atomic E-state index is -0.972. The molecular formula is C7H16N4O2. The van der Waals surface area contributed by atoms with E-state index < -0.39 is 11.5 Å². The third-order valence-corrected chi connectivity index (χ3v) is 2.08. The number of hydrogen-bond acceptors (Lipinski definition) is 4. The van der Waals surface area contributed by atoms with Crippen LogP contribution in [0.15, 0.2) is 0 Å². The molecule has 0 saturated carbocycles. The fourth-order valence-corrected chi connectivity index (χ4v) is 1.14. The van der Waals surface area contributed by atoms with E-state index in [9.17, 15) is 4.79 Å². The van der Waals surface area contributed by atoms with Crippen molar-refractivity contribution in [1.82, 2.24) is 5.32 Å². The maximum absolute atomic E-state index is 11.3. The van der Waals surface area contributed by atoms with E-state index in [1.165, 1.54) is 0 Å². The molecule has 0 aromatic rings. The molecule has 6 heteroatoms. The van der Waals surface area contributed by atoms with E-state index in [1.54, 1.807) is 13.8 Å². The van der Waals surface area contributed by atoms with Gasteiger partial charge in [0.15, 0.2) is 5.96 Å². The molecule has 6 N–H and O–H groups in total. The van der Waals surface area contributed by atoms with Crippen LogP contribution in [0.3, 0.4) is 0 Å². The maximum Gasteiger partial charge on any atom is 0.350 e. The lowest BCUT2D eigenvalue weighted by Crippen LogP contribution is -2.56. The smallest absolute Gasteiger partial charge is 0.350 e. The molecule has 6 nitrogen and oxygen atoms in total. The molecule has 0 unspecified atom stereocenters. The molecule has 0 aliphatic heterocycles. The van der Waals surface area contributed by atoms with Gasteiger partial charge >= 0.3 is 5.97 Å². The molecule has 0 aromatic carbocycles. The summed E-state index contributed by atoms with van der Waals surface area (Å²) < 4.78 is 0. The van der Waals surface area contributed by atoms with E-state index in [0.29, 0.717) is 12.8 Å². The van der Waals surface area contributed by atoms with Crippen LogP contribution in [0.25, 0.3) is 0 Å². The Morgan fingerprint density at radius 1 is 1.54 bits per heavy atom. The second kappa shape index (κ2) is 4.66. The predicted molar refractivity (Wildman–Crippen MR) is 48.6 cm³/mol. The van der Waals surface area contributed by atoms with E-state index in [1.807, 2.05) is 0 Å². The van der Waals surface area contributed by atoms with E-state index in [0.717, 1.165) is 0 Å². The Kier molecular flexibility index (Phi) is 4.19. The normalized spacial score (nSPS) is 10.7. The van der Waals surface area contributed by atoms with E-state index in [2.05, 4.69) is 10.2 Å². The van der Waals surface area contributed by atoms with Crippen LogP contribution in [0.4, 0.5) is 0 Å². The Morgan fingerprint density at radius 2 is 2.00 bits per heavy atom. The summed E-state index contributed by atoms with van der Waals surface area (Å²) in [6, 6.07) is 0. The first-order valence-electron chi connectivity index (χ1n) is 4.05. The van der Waals surface area contributed by atoms with Crippen molar-refractivity contribution in [1.29, 1.82) is 5.41 Å². The van der Waals surface area contributed by atoms with Crippen molar-refractivity contribution in [3.05, 3.63) is 0 Å². The third kappa shape index (κ3) is 2.59. The molecule has 0 aromatic heterocycles. The van der Waals surface area contributed by atoms with Gasteiger partial charge in [0, 0.05) is 0 Å². The van der Waals surface area contributed by atoms with Crippen LogP contribution in [0.5, 0.6) is 0 Å². The molecule has 0 heterocycles. The molecule has 0 bridgehead atoms. The Bertz CT molecular complexity index is 201. The minimum absolute atomic E-state index is 0.269. The largest absolute Gasteiger partial charge is 0.372 e. The van der Waals surface area contributed by atoms with Crippen molar-refractivity contribution < 1.29 is 9.63 Å². The lowest BCUT2D eigenvalue weighted by atomic mass is 9.93. The summed E-state index contributed by atoms with van der Waals surface area (Å²) >= 11 is 0. The number of guanidine groups is 1. The molecule has 0 amide bonds. The van der Waals surface area contributed by atoms with Gasteiger partial charge in [0.25, 0.3) is 0 Å². The maximum atomic E-state index is 11.3. The van der Waals surface area contributed by atoms with Crippen LogP contribution in [-0.2, 0) is 9.63 Å². The van der Waals surface area contributed by atoms with Gasteiger partial charge in [-0.25, -0.2) is 4.79 Å². The summed E-state index contributed by atoms with van der Waals surface area (Å²) in [5, 5.41) is 9.59. The quantitative estimate of drug-likeness (QED) is 0.268. The molecule has 76 valence electrons. The van der Waals surface area contributed by atoms with Crippen molar-refractivity contribution in [2.75, 3.05) is 0 Å². The molecule has 0 aliphatic rings.